The van der Waals surface area contributed by atoms with Crippen molar-refractivity contribution in [2.75, 3.05) is 0 Å². The van der Waals surface area contributed by atoms with Crippen LogP contribution < -0.4 is 10.5 Å². The Morgan fingerprint density at radius 3 is 2.40 bits per heavy atom. The molecule has 2 nitrogen and oxygen atoms in total. The molecular formula is C17H20ClNO. The van der Waals surface area contributed by atoms with Crippen LogP contribution in [0, 0.1) is 0 Å². The lowest BCUT2D eigenvalue weighted by Crippen LogP contribution is -2.19. The molecule has 0 aliphatic rings. The molecule has 0 radical (unpaired) electrons. The van der Waals surface area contributed by atoms with E-state index in [-0.39, 0.29) is 12.1 Å². The fraction of sp³-hybridized carbons (Fsp3) is 0.294. The normalized spacial score (nSPS) is 13.8. The van der Waals surface area contributed by atoms with E-state index < -0.39 is 0 Å². The van der Waals surface area contributed by atoms with Gasteiger partial charge in [-0.15, -0.1) is 0 Å². The smallest absolute Gasteiger partial charge is 0.124 e. The third-order valence-corrected chi connectivity index (χ3v) is 3.53. The molecule has 0 aromatic heterocycles. The maximum atomic E-state index is 6.27. The number of nitrogens with two attached hydrogens (primary N) is 1. The highest BCUT2D eigenvalue weighted by Gasteiger charge is 2.13. The summed E-state index contributed by atoms with van der Waals surface area (Å²) in [6.07, 6.45) is 0.678. The van der Waals surface area contributed by atoms with Gasteiger partial charge in [-0.25, -0.2) is 0 Å². The molecule has 0 saturated carbocycles. The van der Waals surface area contributed by atoms with Crippen LogP contribution in [0.15, 0.2) is 48.5 Å². The van der Waals surface area contributed by atoms with Crippen molar-refractivity contribution in [1.82, 2.24) is 0 Å². The molecule has 0 saturated heterocycles. The first-order valence-corrected chi connectivity index (χ1v) is 7.20. The molecule has 0 spiro atoms. The van der Waals surface area contributed by atoms with E-state index in [0.29, 0.717) is 11.4 Å². The molecule has 2 aromatic rings. The van der Waals surface area contributed by atoms with Crippen molar-refractivity contribution >= 4 is 11.6 Å². The Morgan fingerprint density at radius 1 is 1.05 bits per heavy atom. The second kappa shape index (κ2) is 6.78. The SMILES string of the molecule is CC(N)Cc1c(Cl)cccc1OC(C)c1ccccc1. The lowest BCUT2D eigenvalue weighted by Gasteiger charge is -2.19. The van der Waals surface area contributed by atoms with Gasteiger partial charge in [0.1, 0.15) is 11.9 Å². The number of benzene rings is 2. The highest BCUT2D eigenvalue weighted by Crippen LogP contribution is 2.31. The summed E-state index contributed by atoms with van der Waals surface area (Å²) >= 11 is 6.27. The minimum atomic E-state index is -0.0264. The summed E-state index contributed by atoms with van der Waals surface area (Å²) in [5.41, 5.74) is 8.01. The summed E-state index contributed by atoms with van der Waals surface area (Å²) < 4.78 is 6.07. The van der Waals surface area contributed by atoms with E-state index in [0.717, 1.165) is 16.9 Å². The summed E-state index contributed by atoms with van der Waals surface area (Å²) in [6.45, 7) is 4.00. The van der Waals surface area contributed by atoms with Crippen LogP contribution in [0.25, 0.3) is 0 Å². The standard InChI is InChI=1S/C17H20ClNO/c1-12(19)11-15-16(18)9-6-10-17(15)20-13(2)14-7-4-3-5-8-14/h3-10,12-13H,11,19H2,1-2H3. The predicted molar refractivity (Wildman–Crippen MR) is 84.3 cm³/mol. The molecule has 2 rings (SSSR count). The summed E-state index contributed by atoms with van der Waals surface area (Å²) in [7, 11) is 0. The minimum absolute atomic E-state index is 0.0264. The van der Waals surface area contributed by atoms with Gasteiger partial charge in [0.25, 0.3) is 0 Å². The topological polar surface area (TPSA) is 35.2 Å². The molecular weight excluding hydrogens is 270 g/mol. The fourth-order valence-electron chi connectivity index (χ4n) is 2.15. The van der Waals surface area contributed by atoms with Crippen molar-refractivity contribution in [3.63, 3.8) is 0 Å². The van der Waals surface area contributed by atoms with Crippen molar-refractivity contribution in [3.05, 3.63) is 64.7 Å². The van der Waals surface area contributed by atoms with Crippen molar-refractivity contribution in [3.8, 4) is 5.75 Å². The zero-order valence-corrected chi connectivity index (χ0v) is 12.6. The number of halogens is 1. The molecule has 2 aromatic carbocycles. The van der Waals surface area contributed by atoms with Crippen LogP contribution in [0.5, 0.6) is 5.75 Å². The quantitative estimate of drug-likeness (QED) is 0.887. The molecule has 0 aliphatic heterocycles. The average molecular weight is 290 g/mol. The Labute approximate surface area is 125 Å². The van der Waals surface area contributed by atoms with Crippen LogP contribution in [0.1, 0.15) is 31.1 Å². The van der Waals surface area contributed by atoms with Gasteiger partial charge >= 0.3 is 0 Å². The molecule has 0 bridgehead atoms. The van der Waals surface area contributed by atoms with E-state index in [9.17, 15) is 0 Å². The van der Waals surface area contributed by atoms with Gasteiger partial charge in [-0.05, 0) is 38.0 Å². The summed E-state index contributed by atoms with van der Waals surface area (Å²) in [5.74, 6) is 0.811. The van der Waals surface area contributed by atoms with Crippen LogP contribution in [0.4, 0.5) is 0 Å². The molecule has 106 valence electrons. The van der Waals surface area contributed by atoms with Gasteiger partial charge in [-0.2, -0.15) is 0 Å². The van der Waals surface area contributed by atoms with Crippen LogP contribution in [-0.4, -0.2) is 6.04 Å². The van der Waals surface area contributed by atoms with E-state index in [1.165, 1.54) is 0 Å². The van der Waals surface area contributed by atoms with Crippen LogP contribution in [0.3, 0.4) is 0 Å². The minimum Gasteiger partial charge on any atom is -0.486 e. The Morgan fingerprint density at radius 2 is 1.75 bits per heavy atom. The second-order valence-electron chi connectivity index (χ2n) is 5.07. The Kier molecular flexibility index (Phi) is 5.05. The first-order valence-electron chi connectivity index (χ1n) is 6.82. The number of ether oxygens (including phenoxy) is 1. The zero-order chi connectivity index (χ0) is 14.5. The van der Waals surface area contributed by atoms with Crippen molar-refractivity contribution in [2.24, 2.45) is 5.73 Å². The summed E-state index contributed by atoms with van der Waals surface area (Å²) in [5, 5.41) is 0.708. The van der Waals surface area contributed by atoms with Crippen molar-refractivity contribution in [2.45, 2.75) is 32.4 Å². The molecule has 0 heterocycles. The average Bonchev–Trinajstić information content (AvgIpc) is 2.43. The number of hydrogen-bond donors (Lipinski definition) is 1. The lowest BCUT2D eigenvalue weighted by molar-refractivity contribution is 0.224. The van der Waals surface area contributed by atoms with E-state index in [1.54, 1.807) is 0 Å². The van der Waals surface area contributed by atoms with Gasteiger partial charge in [0.2, 0.25) is 0 Å². The monoisotopic (exact) mass is 289 g/mol. The molecule has 0 fully saturated rings. The third kappa shape index (κ3) is 3.75. The highest BCUT2D eigenvalue weighted by atomic mass is 35.5. The van der Waals surface area contributed by atoms with Gasteiger partial charge in [0.15, 0.2) is 0 Å². The molecule has 0 aliphatic carbocycles. The molecule has 2 unspecified atom stereocenters. The van der Waals surface area contributed by atoms with Crippen LogP contribution >= 0.6 is 11.6 Å². The number of hydrogen-bond acceptors (Lipinski definition) is 2. The summed E-state index contributed by atoms with van der Waals surface area (Å²) in [6, 6.07) is 15.9. The largest absolute Gasteiger partial charge is 0.486 e. The third-order valence-electron chi connectivity index (χ3n) is 3.17. The Bertz CT molecular complexity index is 554. The molecule has 3 heteroatoms. The first kappa shape index (κ1) is 14.9. The molecule has 20 heavy (non-hydrogen) atoms. The van der Waals surface area contributed by atoms with Gasteiger partial charge in [-0.1, -0.05) is 48.0 Å². The fourth-order valence-corrected chi connectivity index (χ4v) is 2.39. The van der Waals surface area contributed by atoms with Crippen molar-refractivity contribution in [1.29, 1.82) is 0 Å². The predicted octanol–water partition coefficient (Wildman–Crippen LogP) is 4.37. The molecule has 2 N–H and O–H groups in total. The van der Waals surface area contributed by atoms with Crippen LogP contribution in [0.2, 0.25) is 5.02 Å². The molecule has 2 atom stereocenters. The Hall–Kier alpha value is -1.51. The van der Waals surface area contributed by atoms with Crippen LogP contribution in [-0.2, 0) is 6.42 Å². The van der Waals surface area contributed by atoms with E-state index in [4.69, 9.17) is 22.1 Å². The van der Waals surface area contributed by atoms with E-state index >= 15 is 0 Å². The van der Waals surface area contributed by atoms with E-state index in [2.05, 4.69) is 12.1 Å². The Balaban J connectivity index is 2.23. The van der Waals surface area contributed by atoms with E-state index in [1.807, 2.05) is 50.2 Å². The number of rotatable bonds is 5. The van der Waals surface area contributed by atoms with Crippen molar-refractivity contribution < 1.29 is 4.74 Å². The van der Waals surface area contributed by atoms with Gasteiger partial charge in [0.05, 0.1) is 0 Å². The first-order chi connectivity index (χ1) is 9.58. The maximum Gasteiger partial charge on any atom is 0.124 e. The molecule has 0 amide bonds. The van der Waals surface area contributed by atoms with Gasteiger partial charge in [-0.3, -0.25) is 0 Å². The second-order valence-corrected chi connectivity index (χ2v) is 5.48. The van der Waals surface area contributed by atoms with Gasteiger partial charge < -0.3 is 10.5 Å². The lowest BCUT2D eigenvalue weighted by atomic mass is 10.1. The van der Waals surface area contributed by atoms with Gasteiger partial charge in [0, 0.05) is 16.6 Å². The zero-order valence-electron chi connectivity index (χ0n) is 11.8. The summed E-state index contributed by atoms with van der Waals surface area (Å²) in [4.78, 5) is 0. The highest BCUT2D eigenvalue weighted by molar-refractivity contribution is 6.31. The maximum absolute atomic E-state index is 6.27.